The smallest absolute Gasteiger partial charge is 0.336 e. The molecule has 2 aromatic rings. The van der Waals surface area contributed by atoms with E-state index in [0.717, 1.165) is 36.6 Å². The normalized spacial score (nSPS) is 23.6. The van der Waals surface area contributed by atoms with Gasteiger partial charge in [-0.05, 0) is 50.3 Å². The Morgan fingerprint density at radius 3 is 2.91 bits per heavy atom. The number of amides is 2. The van der Waals surface area contributed by atoms with Crippen LogP contribution in [-0.4, -0.2) is 53.2 Å². The van der Waals surface area contributed by atoms with E-state index >= 15 is 0 Å². The van der Waals surface area contributed by atoms with E-state index in [4.69, 9.17) is 9.15 Å². The van der Waals surface area contributed by atoms with Crippen LogP contribution < -0.4 is 15.7 Å². The van der Waals surface area contributed by atoms with Gasteiger partial charge < -0.3 is 24.5 Å². The van der Waals surface area contributed by atoms with Gasteiger partial charge in [-0.1, -0.05) is 19.8 Å². The summed E-state index contributed by atoms with van der Waals surface area (Å²) in [6, 6.07) is 5.92. The number of ether oxygens (including phenoxy) is 1. The van der Waals surface area contributed by atoms with Crippen LogP contribution in [0.5, 0.6) is 5.75 Å². The van der Waals surface area contributed by atoms with E-state index in [0.29, 0.717) is 37.3 Å². The van der Waals surface area contributed by atoms with Gasteiger partial charge in [-0.15, -0.1) is 0 Å². The van der Waals surface area contributed by atoms with Gasteiger partial charge in [0.25, 0.3) is 5.91 Å². The summed E-state index contributed by atoms with van der Waals surface area (Å²) in [6.07, 6.45) is 5.15. The van der Waals surface area contributed by atoms with Crippen LogP contribution >= 0.6 is 0 Å². The van der Waals surface area contributed by atoms with Crippen molar-refractivity contribution in [3.8, 4) is 5.75 Å². The van der Waals surface area contributed by atoms with Gasteiger partial charge >= 0.3 is 5.63 Å². The maximum atomic E-state index is 12.9. The van der Waals surface area contributed by atoms with Gasteiger partial charge in [0, 0.05) is 36.5 Å². The van der Waals surface area contributed by atoms with Crippen LogP contribution in [0.1, 0.15) is 51.5 Å². The minimum Gasteiger partial charge on any atom is -0.484 e. The number of nitrogens with one attached hydrogen (secondary N) is 1. The van der Waals surface area contributed by atoms with Crippen molar-refractivity contribution in [2.75, 3.05) is 19.7 Å². The molecule has 8 heteroatoms. The van der Waals surface area contributed by atoms with Gasteiger partial charge in [0.2, 0.25) is 5.91 Å². The highest BCUT2D eigenvalue weighted by Crippen LogP contribution is 2.39. The number of aliphatic hydroxyl groups is 1. The number of rotatable bonds is 6. The first-order chi connectivity index (χ1) is 15.8. The zero-order valence-corrected chi connectivity index (χ0v) is 19.3. The summed E-state index contributed by atoms with van der Waals surface area (Å²) in [6.45, 7) is 4.41. The van der Waals surface area contributed by atoms with Crippen molar-refractivity contribution in [2.24, 2.45) is 5.92 Å². The van der Waals surface area contributed by atoms with E-state index in [1.165, 1.54) is 6.07 Å². The standard InChI is InChI=1S/C25H32N2O6/c1-3-17-12-23(29)33-21-13-19(7-8-20(17)21)32-15-22(28)26-16(2)24(30)27-11-10-25(31)9-5-4-6-18(25)14-27/h7-8,12-13,16,18,31H,3-6,9-11,14-15H2,1-2H3,(H,26,28)/t16-,18-,25-/m0/s1. The Kier molecular flexibility index (Phi) is 6.74. The molecule has 3 atom stereocenters. The summed E-state index contributed by atoms with van der Waals surface area (Å²) in [4.78, 5) is 38.8. The highest BCUT2D eigenvalue weighted by Gasteiger charge is 2.44. The Morgan fingerprint density at radius 2 is 2.12 bits per heavy atom. The van der Waals surface area contributed by atoms with Crippen molar-refractivity contribution in [1.29, 1.82) is 0 Å². The Labute approximate surface area is 192 Å². The Bertz CT molecular complexity index is 1100. The highest BCUT2D eigenvalue weighted by atomic mass is 16.5. The summed E-state index contributed by atoms with van der Waals surface area (Å²) in [7, 11) is 0. The third-order valence-electron chi connectivity index (χ3n) is 7.04. The molecular weight excluding hydrogens is 424 g/mol. The van der Waals surface area contributed by atoms with Gasteiger partial charge in [-0.3, -0.25) is 9.59 Å². The number of piperidine rings is 1. The molecule has 2 heterocycles. The van der Waals surface area contributed by atoms with Crippen LogP contribution in [0.2, 0.25) is 0 Å². The van der Waals surface area contributed by atoms with Gasteiger partial charge in [0.1, 0.15) is 17.4 Å². The third kappa shape index (κ3) is 5.05. The van der Waals surface area contributed by atoms with E-state index in [9.17, 15) is 19.5 Å². The number of hydrogen-bond acceptors (Lipinski definition) is 6. The fourth-order valence-corrected chi connectivity index (χ4v) is 5.13. The molecule has 2 fully saturated rings. The van der Waals surface area contributed by atoms with Gasteiger partial charge in [-0.2, -0.15) is 0 Å². The summed E-state index contributed by atoms with van der Waals surface area (Å²) in [5.74, 6) is -0.0431. The quantitative estimate of drug-likeness (QED) is 0.646. The molecule has 1 aromatic carbocycles. The first-order valence-corrected chi connectivity index (χ1v) is 11.8. The van der Waals surface area contributed by atoms with E-state index < -0.39 is 23.2 Å². The molecule has 2 amide bonds. The molecule has 178 valence electrons. The number of likely N-dealkylation sites (tertiary alicyclic amines) is 1. The van der Waals surface area contributed by atoms with E-state index in [-0.39, 0.29) is 18.4 Å². The second-order valence-corrected chi connectivity index (χ2v) is 9.26. The van der Waals surface area contributed by atoms with Crippen molar-refractivity contribution >= 4 is 22.8 Å². The Morgan fingerprint density at radius 1 is 1.30 bits per heavy atom. The SMILES string of the molecule is CCc1cc(=O)oc2cc(OCC(=O)N[C@@H](C)C(=O)N3CC[C@@]4(O)CCCC[C@H]4C3)ccc12. The van der Waals surface area contributed by atoms with Crippen molar-refractivity contribution in [1.82, 2.24) is 10.2 Å². The van der Waals surface area contributed by atoms with E-state index in [2.05, 4.69) is 5.32 Å². The average Bonchev–Trinajstić information content (AvgIpc) is 2.80. The maximum Gasteiger partial charge on any atom is 0.336 e. The van der Waals surface area contributed by atoms with Crippen molar-refractivity contribution in [3.63, 3.8) is 0 Å². The topological polar surface area (TPSA) is 109 Å². The number of hydrogen-bond donors (Lipinski definition) is 2. The lowest BCUT2D eigenvalue weighted by Crippen LogP contribution is -2.57. The molecule has 0 unspecified atom stereocenters. The molecule has 4 rings (SSSR count). The van der Waals surface area contributed by atoms with E-state index in [1.54, 1.807) is 30.0 Å². The molecule has 0 bridgehead atoms. The summed E-state index contributed by atoms with van der Waals surface area (Å²) in [5, 5.41) is 14.4. The summed E-state index contributed by atoms with van der Waals surface area (Å²) < 4.78 is 10.8. The van der Waals surface area contributed by atoms with Crippen LogP contribution in [-0.2, 0) is 16.0 Å². The van der Waals surface area contributed by atoms with Crippen LogP contribution in [0.15, 0.2) is 33.5 Å². The minimum absolute atomic E-state index is 0.108. The predicted molar refractivity (Wildman–Crippen MR) is 123 cm³/mol. The van der Waals surface area contributed by atoms with Crippen molar-refractivity contribution in [2.45, 2.75) is 64.0 Å². The largest absolute Gasteiger partial charge is 0.484 e. The van der Waals surface area contributed by atoms with Crippen LogP contribution in [0.25, 0.3) is 11.0 Å². The zero-order valence-electron chi connectivity index (χ0n) is 19.3. The average molecular weight is 457 g/mol. The van der Waals surface area contributed by atoms with Crippen LogP contribution in [0.4, 0.5) is 0 Å². The lowest BCUT2D eigenvalue weighted by atomic mass is 9.71. The Hall–Kier alpha value is -2.87. The number of nitrogens with zero attached hydrogens (tertiary/aromatic N) is 1. The van der Waals surface area contributed by atoms with Crippen molar-refractivity contribution in [3.05, 3.63) is 40.2 Å². The molecule has 0 radical (unpaired) electrons. The molecule has 1 aliphatic heterocycles. The molecule has 1 aliphatic carbocycles. The summed E-state index contributed by atoms with van der Waals surface area (Å²) >= 11 is 0. The molecule has 1 saturated carbocycles. The number of fused-ring (bicyclic) bond motifs is 2. The predicted octanol–water partition coefficient (Wildman–Crippen LogP) is 2.39. The summed E-state index contributed by atoms with van der Waals surface area (Å²) in [5.41, 5.74) is 0.230. The molecule has 0 spiro atoms. The molecule has 33 heavy (non-hydrogen) atoms. The fraction of sp³-hybridized carbons (Fsp3) is 0.560. The van der Waals surface area contributed by atoms with Gasteiger partial charge in [0.05, 0.1) is 5.60 Å². The Balaban J connectivity index is 1.31. The number of carbonyl (C=O) groups excluding carboxylic acids is 2. The minimum atomic E-state index is -0.683. The van der Waals surface area contributed by atoms with Gasteiger partial charge in [-0.25, -0.2) is 4.79 Å². The fourth-order valence-electron chi connectivity index (χ4n) is 5.13. The monoisotopic (exact) mass is 456 g/mol. The lowest BCUT2D eigenvalue weighted by Gasteiger charge is -2.47. The maximum absolute atomic E-state index is 12.9. The first kappa shape index (κ1) is 23.3. The second kappa shape index (κ2) is 9.55. The van der Waals surface area contributed by atoms with E-state index in [1.807, 2.05) is 6.92 Å². The first-order valence-electron chi connectivity index (χ1n) is 11.8. The van der Waals surface area contributed by atoms with Crippen molar-refractivity contribution < 1.29 is 23.8 Å². The third-order valence-corrected chi connectivity index (χ3v) is 7.04. The van der Waals surface area contributed by atoms with Gasteiger partial charge in [0.15, 0.2) is 6.61 Å². The molecular formula is C25H32N2O6. The molecule has 2 aliphatic rings. The lowest BCUT2D eigenvalue weighted by molar-refractivity contribution is -0.146. The van der Waals surface area contributed by atoms with Crippen LogP contribution in [0, 0.1) is 5.92 Å². The zero-order chi connectivity index (χ0) is 23.6. The van der Waals surface area contributed by atoms with Crippen LogP contribution in [0.3, 0.4) is 0 Å². The molecule has 8 nitrogen and oxygen atoms in total. The number of aryl methyl sites for hydroxylation is 1. The second-order valence-electron chi connectivity index (χ2n) is 9.26. The molecule has 1 saturated heterocycles. The number of carbonyl (C=O) groups is 2. The highest BCUT2D eigenvalue weighted by molar-refractivity contribution is 5.88. The molecule has 1 aromatic heterocycles. The molecule has 2 N–H and O–H groups in total. The number of benzene rings is 1.